The lowest BCUT2D eigenvalue weighted by atomic mass is 10.1. The van der Waals surface area contributed by atoms with Crippen LogP contribution in [0.2, 0.25) is 0 Å². The van der Waals surface area contributed by atoms with Gasteiger partial charge in [-0.2, -0.15) is 0 Å². The molecule has 2 aromatic carbocycles. The van der Waals surface area contributed by atoms with Gasteiger partial charge in [-0.1, -0.05) is 30.3 Å². The van der Waals surface area contributed by atoms with Gasteiger partial charge in [0.2, 0.25) is 0 Å². The van der Waals surface area contributed by atoms with E-state index in [0.717, 1.165) is 16.9 Å². The van der Waals surface area contributed by atoms with Crippen LogP contribution in [-0.4, -0.2) is 10.9 Å². The molecule has 0 spiro atoms. The number of carbonyl (C=O) groups is 1. The molecule has 126 valence electrons. The van der Waals surface area contributed by atoms with Crippen molar-refractivity contribution in [2.75, 3.05) is 5.32 Å². The van der Waals surface area contributed by atoms with E-state index in [4.69, 9.17) is 0 Å². The highest BCUT2D eigenvalue weighted by atomic mass is 19.1. The average Bonchev–Trinajstić information content (AvgIpc) is 2.65. The van der Waals surface area contributed by atoms with Crippen LogP contribution in [0.4, 0.5) is 15.8 Å². The first-order chi connectivity index (χ1) is 12.1. The number of carbonyl (C=O) groups excluding carboxylic acids is 1. The van der Waals surface area contributed by atoms with Crippen LogP contribution in [0, 0.1) is 5.82 Å². The number of pyridine rings is 1. The van der Waals surface area contributed by atoms with Gasteiger partial charge in [0.05, 0.1) is 17.9 Å². The van der Waals surface area contributed by atoms with Gasteiger partial charge in [0.1, 0.15) is 11.5 Å². The number of amides is 1. The molecular formula is C20H18FN3O. The molecule has 0 fully saturated rings. The number of benzene rings is 2. The maximum Gasteiger partial charge on any atom is 0.270 e. The molecule has 0 aliphatic carbocycles. The third kappa shape index (κ3) is 4.41. The van der Waals surface area contributed by atoms with Crippen LogP contribution >= 0.6 is 0 Å². The Kier molecular flexibility index (Phi) is 5.04. The molecule has 0 radical (unpaired) electrons. The molecule has 5 heteroatoms. The van der Waals surface area contributed by atoms with E-state index in [2.05, 4.69) is 15.6 Å². The number of nitrogens with one attached hydrogen (secondary N) is 2. The largest absolute Gasteiger partial charge is 0.354 e. The van der Waals surface area contributed by atoms with Crippen molar-refractivity contribution in [1.29, 1.82) is 0 Å². The fourth-order valence-corrected chi connectivity index (χ4v) is 2.40. The first kappa shape index (κ1) is 16.6. The smallest absolute Gasteiger partial charge is 0.270 e. The normalized spacial score (nSPS) is 11.6. The molecule has 0 bridgehead atoms. The molecule has 4 nitrogen and oxygen atoms in total. The van der Waals surface area contributed by atoms with Crippen molar-refractivity contribution in [1.82, 2.24) is 10.3 Å². The summed E-state index contributed by atoms with van der Waals surface area (Å²) in [6.45, 7) is 1.93. The number of hydrogen-bond acceptors (Lipinski definition) is 3. The van der Waals surface area contributed by atoms with E-state index in [9.17, 15) is 9.18 Å². The zero-order valence-corrected chi connectivity index (χ0v) is 13.7. The van der Waals surface area contributed by atoms with Crippen LogP contribution in [-0.2, 0) is 0 Å². The number of nitrogens with zero attached hydrogens (tertiary/aromatic N) is 1. The minimum atomic E-state index is -0.289. The minimum Gasteiger partial charge on any atom is -0.354 e. The van der Waals surface area contributed by atoms with Gasteiger partial charge in [-0.05, 0) is 48.9 Å². The SMILES string of the molecule is CC(NC(=O)c1ccc(Nc2ccc(F)cc2)cn1)c1ccccc1. The molecule has 0 saturated carbocycles. The molecule has 0 aliphatic heterocycles. The van der Waals surface area contributed by atoms with E-state index in [1.165, 1.54) is 12.1 Å². The van der Waals surface area contributed by atoms with Gasteiger partial charge >= 0.3 is 0 Å². The number of aromatic nitrogens is 1. The summed E-state index contributed by atoms with van der Waals surface area (Å²) in [5, 5.41) is 6.03. The Bertz CT molecular complexity index is 833. The fourth-order valence-electron chi connectivity index (χ4n) is 2.40. The maximum atomic E-state index is 12.9. The maximum absolute atomic E-state index is 12.9. The zero-order valence-electron chi connectivity index (χ0n) is 13.7. The minimum absolute atomic E-state index is 0.104. The van der Waals surface area contributed by atoms with Crippen molar-refractivity contribution in [3.05, 3.63) is 90.0 Å². The van der Waals surface area contributed by atoms with Gasteiger partial charge in [-0.3, -0.25) is 4.79 Å². The lowest BCUT2D eigenvalue weighted by Gasteiger charge is -2.14. The first-order valence-corrected chi connectivity index (χ1v) is 7.96. The third-order valence-electron chi connectivity index (χ3n) is 3.78. The van der Waals surface area contributed by atoms with Crippen LogP contribution in [0.25, 0.3) is 0 Å². The van der Waals surface area contributed by atoms with Crippen molar-refractivity contribution in [3.63, 3.8) is 0 Å². The predicted octanol–water partition coefficient (Wildman–Crippen LogP) is 4.46. The quantitative estimate of drug-likeness (QED) is 0.724. The van der Waals surface area contributed by atoms with Gasteiger partial charge in [-0.15, -0.1) is 0 Å². The Morgan fingerprint density at radius 3 is 2.28 bits per heavy atom. The standard InChI is InChI=1S/C20H18FN3O/c1-14(15-5-3-2-4-6-15)23-20(25)19-12-11-18(13-22-19)24-17-9-7-16(21)8-10-17/h2-14,24H,1H3,(H,23,25). The highest BCUT2D eigenvalue weighted by molar-refractivity contribution is 5.92. The summed E-state index contributed by atoms with van der Waals surface area (Å²) in [6.07, 6.45) is 1.57. The fraction of sp³-hybridized carbons (Fsp3) is 0.100. The Hall–Kier alpha value is -3.21. The monoisotopic (exact) mass is 335 g/mol. The summed E-state index contributed by atoms with van der Waals surface area (Å²) in [6, 6.07) is 19.1. The molecule has 1 aromatic heterocycles. The Morgan fingerprint density at radius 2 is 1.64 bits per heavy atom. The second-order valence-electron chi connectivity index (χ2n) is 5.67. The summed E-state index contributed by atoms with van der Waals surface area (Å²) in [5.41, 5.74) is 2.84. The second kappa shape index (κ2) is 7.57. The van der Waals surface area contributed by atoms with Crippen molar-refractivity contribution in [2.45, 2.75) is 13.0 Å². The van der Waals surface area contributed by atoms with E-state index in [1.54, 1.807) is 30.5 Å². The summed E-state index contributed by atoms with van der Waals surface area (Å²) in [5.74, 6) is -0.520. The molecule has 1 heterocycles. The van der Waals surface area contributed by atoms with E-state index >= 15 is 0 Å². The van der Waals surface area contributed by atoms with Gasteiger partial charge in [0.25, 0.3) is 5.91 Å². The molecule has 1 unspecified atom stereocenters. The average molecular weight is 335 g/mol. The van der Waals surface area contributed by atoms with Crippen molar-refractivity contribution >= 4 is 17.3 Å². The number of anilines is 2. The summed E-state index contributed by atoms with van der Waals surface area (Å²) in [7, 11) is 0. The van der Waals surface area contributed by atoms with Crippen molar-refractivity contribution in [3.8, 4) is 0 Å². The Balaban J connectivity index is 1.63. The molecular weight excluding hydrogens is 317 g/mol. The van der Waals surface area contributed by atoms with Crippen LogP contribution in [0.5, 0.6) is 0 Å². The molecule has 3 aromatic rings. The highest BCUT2D eigenvalue weighted by Gasteiger charge is 2.12. The van der Waals surface area contributed by atoms with Gasteiger partial charge in [0.15, 0.2) is 0 Å². The molecule has 25 heavy (non-hydrogen) atoms. The van der Waals surface area contributed by atoms with Gasteiger partial charge in [-0.25, -0.2) is 9.37 Å². The number of hydrogen-bond donors (Lipinski definition) is 2. The Morgan fingerprint density at radius 1 is 0.960 bits per heavy atom. The molecule has 2 N–H and O–H groups in total. The molecule has 0 aliphatic rings. The summed E-state index contributed by atoms with van der Waals surface area (Å²) < 4.78 is 12.9. The van der Waals surface area contributed by atoms with Crippen LogP contribution < -0.4 is 10.6 Å². The van der Waals surface area contributed by atoms with E-state index in [-0.39, 0.29) is 17.8 Å². The van der Waals surface area contributed by atoms with Crippen LogP contribution in [0.15, 0.2) is 72.9 Å². The van der Waals surface area contributed by atoms with Gasteiger partial charge < -0.3 is 10.6 Å². The summed E-state index contributed by atoms with van der Waals surface area (Å²) in [4.78, 5) is 16.5. The number of rotatable bonds is 5. The van der Waals surface area contributed by atoms with Crippen LogP contribution in [0.1, 0.15) is 29.0 Å². The zero-order chi connectivity index (χ0) is 17.6. The summed E-state index contributed by atoms with van der Waals surface area (Å²) >= 11 is 0. The molecule has 0 saturated heterocycles. The van der Waals surface area contributed by atoms with E-state index in [1.807, 2.05) is 37.3 Å². The molecule has 1 atom stereocenters. The molecule has 1 amide bonds. The van der Waals surface area contributed by atoms with Crippen molar-refractivity contribution in [2.24, 2.45) is 0 Å². The highest BCUT2D eigenvalue weighted by Crippen LogP contribution is 2.17. The number of halogens is 1. The third-order valence-corrected chi connectivity index (χ3v) is 3.78. The van der Waals surface area contributed by atoms with E-state index < -0.39 is 0 Å². The van der Waals surface area contributed by atoms with Crippen molar-refractivity contribution < 1.29 is 9.18 Å². The predicted molar refractivity (Wildman–Crippen MR) is 96.2 cm³/mol. The Labute approximate surface area is 145 Å². The van der Waals surface area contributed by atoms with E-state index in [0.29, 0.717) is 5.69 Å². The van der Waals surface area contributed by atoms with Gasteiger partial charge in [0, 0.05) is 5.69 Å². The molecule has 3 rings (SSSR count). The lowest BCUT2D eigenvalue weighted by molar-refractivity contribution is 0.0935. The first-order valence-electron chi connectivity index (χ1n) is 7.96. The lowest BCUT2D eigenvalue weighted by Crippen LogP contribution is -2.27. The van der Waals surface area contributed by atoms with Crippen LogP contribution in [0.3, 0.4) is 0 Å². The second-order valence-corrected chi connectivity index (χ2v) is 5.67. The topological polar surface area (TPSA) is 54.0 Å².